The fourth-order valence-corrected chi connectivity index (χ4v) is 3.85. The SMILES string of the molecule is [2H]CC(=O)C1(OC(=O)c2ccccc2)O[C@H](CO)[C@@H](OC(=O)c2ccccc2)[C@H]1OC(=O)c1ccccc1. The third-order valence-electron chi connectivity index (χ3n) is 5.68. The lowest BCUT2D eigenvalue weighted by Crippen LogP contribution is -2.54. The van der Waals surface area contributed by atoms with Crippen molar-refractivity contribution in [3.8, 4) is 0 Å². The van der Waals surface area contributed by atoms with Crippen LogP contribution in [-0.2, 0) is 23.7 Å². The van der Waals surface area contributed by atoms with Crippen LogP contribution in [0.15, 0.2) is 91.0 Å². The van der Waals surface area contributed by atoms with Crippen molar-refractivity contribution in [2.24, 2.45) is 0 Å². The number of benzene rings is 3. The molecule has 0 aliphatic carbocycles. The molecule has 9 nitrogen and oxygen atoms in total. The molecule has 0 saturated carbocycles. The number of rotatable bonds is 8. The first kappa shape index (κ1) is 24.4. The Balaban J connectivity index is 1.76. The number of carbonyl (C=O) groups excluding carboxylic acids is 4. The highest BCUT2D eigenvalue weighted by Crippen LogP contribution is 2.39. The average molecular weight is 505 g/mol. The molecule has 1 N–H and O–H groups in total. The number of ketones is 1. The Labute approximate surface area is 213 Å². The molecule has 3 aromatic carbocycles. The lowest BCUT2D eigenvalue weighted by Gasteiger charge is -2.31. The standard InChI is InChI=1S/C28H24O9/c1-18(30)28(37-27(33)21-15-9-4-10-16-21)24(35-26(32)20-13-7-3-8-14-20)23(22(17-29)36-28)34-25(31)19-11-5-2-6-12-19/h2-16,22-24,29H,17H2,1H3/t22-,23-,24-,28?/m1/s1/i1D. The molecule has 0 bridgehead atoms. The van der Waals surface area contributed by atoms with E-state index in [4.69, 9.17) is 20.3 Å². The van der Waals surface area contributed by atoms with E-state index in [9.17, 15) is 24.3 Å². The predicted molar refractivity (Wildman–Crippen MR) is 129 cm³/mol. The Kier molecular flexibility index (Phi) is 7.34. The summed E-state index contributed by atoms with van der Waals surface area (Å²) in [6, 6.07) is 23.3. The van der Waals surface area contributed by atoms with Gasteiger partial charge in [0.2, 0.25) is 11.9 Å². The van der Waals surface area contributed by atoms with E-state index in [0.29, 0.717) is 0 Å². The van der Waals surface area contributed by atoms with Gasteiger partial charge < -0.3 is 24.1 Å². The molecular formula is C28H24O9. The van der Waals surface area contributed by atoms with Gasteiger partial charge in [-0.3, -0.25) is 4.79 Å². The molecule has 4 rings (SSSR count). The summed E-state index contributed by atoms with van der Waals surface area (Å²) in [6.07, 6.45) is -4.85. The van der Waals surface area contributed by atoms with Crippen LogP contribution in [0.2, 0.25) is 0 Å². The van der Waals surface area contributed by atoms with Gasteiger partial charge in [-0.05, 0) is 36.4 Å². The van der Waals surface area contributed by atoms with Gasteiger partial charge in [-0.1, -0.05) is 54.6 Å². The molecule has 0 aromatic heterocycles. The maximum absolute atomic E-state index is 13.2. The first-order chi connectivity index (χ1) is 18.4. The number of carbonyl (C=O) groups is 4. The highest BCUT2D eigenvalue weighted by molar-refractivity contribution is 5.95. The number of ether oxygens (including phenoxy) is 4. The fourth-order valence-electron chi connectivity index (χ4n) is 3.85. The number of aliphatic hydroxyl groups is 1. The van der Waals surface area contributed by atoms with Crippen LogP contribution >= 0.6 is 0 Å². The third kappa shape index (κ3) is 5.42. The van der Waals surface area contributed by atoms with Crippen molar-refractivity contribution in [1.29, 1.82) is 0 Å². The molecule has 1 unspecified atom stereocenters. The largest absolute Gasteiger partial charge is 0.452 e. The van der Waals surface area contributed by atoms with Crippen LogP contribution in [0.25, 0.3) is 0 Å². The molecule has 9 heteroatoms. The smallest absolute Gasteiger partial charge is 0.341 e. The maximum Gasteiger partial charge on any atom is 0.341 e. The molecule has 1 aliphatic rings. The lowest BCUT2D eigenvalue weighted by atomic mass is 10.0. The van der Waals surface area contributed by atoms with Gasteiger partial charge in [-0.2, -0.15) is 0 Å². The second kappa shape index (κ2) is 11.2. The molecule has 37 heavy (non-hydrogen) atoms. The molecule has 0 spiro atoms. The summed E-state index contributed by atoms with van der Waals surface area (Å²) >= 11 is 0. The van der Waals surface area contributed by atoms with E-state index in [2.05, 4.69) is 0 Å². The Morgan fingerprint density at radius 1 is 0.784 bits per heavy atom. The third-order valence-corrected chi connectivity index (χ3v) is 5.68. The Morgan fingerprint density at radius 2 is 1.24 bits per heavy atom. The fraction of sp³-hybridized carbons (Fsp3) is 0.214. The van der Waals surface area contributed by atoms with Crippen LogP contribution in [0.1, 0.15) is 39.3 Å². The van der Waals surface area contributed by atoms with Crippen molar-refractivity contribution in [1.82, 2.24) is 0 Å². The second-order valence-electron chi connectivity index (χ2n) is 8.11. The number of esters is 3. The zero-order valence-corrected chi connectivity index (χ0v) is 19.5. The summed E-state index contributed by atoms with van der Waals surface area (Å²) in [5, 5.41) is 10.1. The minimum absolute atomic E-state index is 0.0478. The van der Waals surface area contributed by atoms with E-state index in [0.717, 1.165) is 0 Å². The molecule has 1 aliphatic heterocycles. The monoisotopic (exact) mass is 505 g/mol. The molecule has 0 amide bonds. The Hall–Kier alpha value is -4.34. The Morgan fingerprint density at radius 3 is 1.70 bits per heavy atom. The minimum Gasteiger partial charge on any atom is -0.452 e. The van der Waals surface area contributed by atoms with Gasteiger partial charge in [0.05, 0.1) is 23.3 Å². The van der Waals surface area contributed by atoms with E-state index in [1.807, 2.05) is 0 Å². The van der Waals surface area contributed by atoms with E-state index < -0.39 is 61.3 Å². The molecule has 190 valence electrons. The Bertz CT molecular complexity index is 1280. The first-order valence-corrected chi connectivity index (χ1v) is 11.3. The van der Waals surface area contributed by atoms with Crippen molar-refractivity contribution < 1.29 is 44.6 Å². The number of Topliss-reactive ketones (excluding diaryl/α,β-unsaturated/α-hetero) is 1. The van der Waals surface area contributed by atoms with Gasteiger partial charge in [0, 0.05) is 8.27 Å². The summed E-state index contributed by atoms with van der Waals surface area (Å²) in [5.74, 6) is -6.56. The van der Waals surface area contributed by atoms with E-state index in [1.165, 1.54) is 36.4 Å². The molecule has 1 fully saturated rings. The molecule has 1 heterocycles. The van der Waals surface area contributed by atoms with Crippen LogP contribution < -0.4 is 0 Å². The number of hydrogen-bond donors (Lipinski definition) is 1. The zero-order chi connectivity index (χ0) is 27.1. The van der Waals surface area contributed by atoms with Crippen LogP contribution in [0.5, 0.6) is 0 Å². The second-order valence-corrected chi connectivity index (χ2v) is 8.11. The molecular weight excluding hydrogens is 480 g/mol. The molecule has 1 saturated heterocycles. The lowest BCUT2D eigenvalue weighted by molar-refractivity contribution is -0.222. The van der Waals surface area contributed by atoms with Crippen molar-refractivity contribution in [3.05, 3.63) is 108 Å². The van der Waals surface area contributed by atoms with E-state index in [1.54, 1.807) is 54.6 Å². The normalized spacial score (nSPS) is 22.9. The quantitative estimate of drug-likeness (QED) is 0.363. The van der Waals surface area contributed by atoms with Gasteiger partial charge in [-0.25, -0.2) is 14.4 Å². The van der Waals surface area contributed by atoms with Crippen molar-refractivity contribution in [2.75, 3.05) is 6.61 Å². The van der Waals surface area contributed by atoms with E-state index >= 15 is 0 Å². The highest BCUT2D eigenvalue weighted by atomic mass is 16.8. The van der Waals surface area contributed by atoms with Gasteiger partial charge in [0.15, 0.2) is 6.10 Å². The predicted octanol–water partition coefficient (Wildman–Crippen LogP) is 2.97. The zero-order valence-electron chi connectivity index (χ0n) is 20.5. The van der Waals surface area contributed by atoms with Crippen molar-refractivity contribution in [3.63, 3.8) is 0 Å². The topological polar surface area (TPSA) is 125 Å². The van der Waals surface area contributed by atoms with Crippen LogP contribution in [0.4, 0.5) is 0 Å². The number of hydrogen-bond acceptors (Lipinski definition) is 9. The number of aliphatic hydroxyl groups excluding tert-OH is 1. The first-order valence-electron chi connectivity index (χ1n) is 12.0. The van der Waals surface area contributed by atoms with E-state index in [-0.39, 0.29) is 16.7 Å². The summed E-state index contributed by atoms with van der Waals surface area (Å²) in [6.45, 7) is -1.72. The average Bonchev–Trinajstić information content (AvgIpc) is 3.26. The van der Waals surface area contributed by atoms with Crippen molar-refractivity contribution >= 4 is 23.7 Å². The highest BCUT2D eigenvalue weighted by Gasteiger charge is 2.65. The van der Waals surface area contributed by atoms with Crippen LogP contribution in [-0.4, -0.2) is 59.5 Å². The summed E-state index contributed by atoms with van der Waals surface area (Å²) in [7, 11) is 0. The molecule has 0 radical (unpaired) electrons. The minimum atomic E-state index is -2.67. The van der Waals surface area contributed by atoms with Gasteiger partial charge in [0.25, 0.3) is 0 Å². The summed E-state index contributed by atoms with van der Waals surface area (Å²) < 4.78 is 30.2. The van der Waals surface area contributed by atoms with Crippen LogP contribution in [0.3, 0.4) is 0 Å². The molecule has 4 atom stereocenters. The van der Waals surface area contributed by atoms with Gasteiger partial charge in [0.1, 0.15) is 6.10 Å². The maximum atomic E-state index is 13.2. The summed E-state index contributed by atoms with van der Waals surface area (Å²) in [5.41, 5.74) is 0.282. The summed E-state index contributed by atoms with van der Waals surface area (Å²) in [4.78, 5) is 52.2. The van der Waals surface area contributed by atoms with Gasteiger partial charge >= 0.3 is 23.7 Å². The van der Waals surface area contributed by atoms with Crippen LogP contribution in [0, 0.1) is 0 Å². The molecule has 3 aromatic rings. The van der Waals surface area contributed by atoms with Crippen molar-refractivity contribution in [2.45, 2.75) is 31.0 Å². The van der Waals surface area contributed by atoms with Gasteiger partial charge in [-0.15, -0.1) is 0 Å².